The van der Waals surface area contributed by atoms with E-state index < -0.39 is 10.2 Å². The molecule has 0 unspecified atom stereocenters. The van der Waals surface area contributed by atoms with Crippen LogP contribution in [0, 0.1) is 6.92 Å². The van der Waals surface area contributed by atoms with Gasteiger partial charge in [0.15, 0.2) is 0 Å². The summed E-state index contributed by atoms with van der Waals surface area (Å²) in [5, 5.41) is 4.39. The number of piperidine rings is 1. The normalized spacial score (nSPS) is 19.1. The molecule has 0 radical (unpaired) electrons. The van der Waals surface area contributed by atoms with Gasteiger partial charge in [-0.3, -0.25) is 4.68 Å². The minimum Gasteiger partial charge on any atom is -0.261 e. The van der Waals surface area contributed by atoms with Crippen molar-refractivity contribution in [2.75, 3.05) is 27.2 Å². The average Bonchev–Trinajstić information content (AvgIpc) is 3.11. The minimum absolute atomic E-state index is 0.0596. The van der Waals surface area contributed by atoms with Crippen LogP contribution in [0.1, 0.15) is 50.2 Å². The SMILES string of the molecule is Cc1nc(-c2ccnn2C(C)C)cc([C@@H]2CCCN(S(=O)(=O)N(C)C)C2)n1. The fourth-order valence-corrected chi connectivity index (χ4v) is 4.67. The van der Waals surface area contributed by atoms with Gasteiger partial charge in [0, 0.05) is 51.0 Å². The van der Waals surface area contributed by atoms with E-state index in [-0.39, 0.29) is 12.0 Å². The summed E-state index contributed by atoms with van der Waals surface area (Å²) in [6, 6.07) is 4.17. The van der Waals surface area contributed by atoms with Gasteiger partial charge in [0.2, 0.25) is 0 Å². The Balaban J connectivity index is 1.93. The van der Waals surface area contributed by atoms with Crippen LogP contribution in [0.15, 0.2) is 18.3 Å². The first kappa shape index (κ1) is 19.9. The van der Waals surface area contributed by atoms with E-state index in [9.17, 15) is 8.42 Å². The third kappa shape index (κ3) is 4.04. The summed E-state index contributed by atoms with van der Waals surface area (Å²) in [4.78, 5) is 9.23. The number of aryl methyl sites for hydroxylation is 1. The van der Waals surface area contributed by atoms with Gasteiger partial charge in [-0.15, -0.1) is 0 Å². The van der Waals surface area contributed by atoms with Crippen molar-refractivity contribution < 1.29 is 8.42 Å². The van der Waals surface area contributed by atoms with Crippen LogP contribution >= 0.6 is 0 Å². The van der Waals surface area contributed by atoms with Crippen molar-refractivity contribution in [2.24, 2.45) is 0 Å². The molecule has 148 valence electrons. The second kappa shape index (κ2) is 7.65. The van der Waals surface area contributed by atoms with E-state index in [0.717, 1.165) is 29.9 Å². The molecule has 0 saturated carbocycles. The predicted molar refractivity (Wildman–Crippen MR) is 105 cm³/mol. The summed E-state index contributed by atoms with van der Waals surface area (Å²) in [5.41, 5.74) is 2.68. The van der Waals surface area contributed by atoms with E-state index >= 15 is 0 Å². The van der Waals surface area contributed by atoms with Crippen LogP contribution in [0.5, 0.6) is 0 Å². The predicted octanol–water partition coefficient (Wildman–Crippen LogP) is 2.22. The molecule has 1 aliphatic heterocycles. The molecule has 1 aliphatic rings. The zero-order valence-corrected chi connectivity index (χ0v) is 17.4. The van der Waals surface area contributed by atoms with E-state index in [1.165, 1.54) is 4.31 Å². The Labute approximate surface area is 161 Å². The summed E-state index contributed by atoms with van der Waals surface area (Å²) in [6.07, 6.45) is 3.51. The number of hydrogen-bond donors (Lipinski definition) is 0. The molecule has 1 fully saturated rings. The lowest BCUT2D eigenvalue weighted by molar-refractivity contribution is 0.296. The lowest BCUT2D eigenvalue weighted by atomic mass is 9.95. The van der Waals surface area contributed by atoms with Gasteiger partial charge in [-0.25, -0.2) is 9.97 Å². The molecule has 2 aromatic rings. The van der Waals surface area contributed by atoms with Crippen molar-refractivity contribution in [1.29, 1.82) is 0 Å². The van der Waals surface area contributed by atoms with Gasteiger partial charge in [-0.2, -0.15) is 22.1 Å². The summed E-state index contributed by atoms with van der Waals surface area (Å²) in [6.45, 7) is 7.03. The number of hydrogen-bond acceptors (Lipinski definition) is 5. The Morgan fingerprint density at radius 2 is 2.00 bits per heavy atom. The Morgan fingerprint density at radius 1 is 1.26 bits per heavy atom. The molecule has 3 rings (SSSR count). The molecular formula is C18H28N6O2S. The third-order valence-corrected chi connectivity index (χ3v) is 6.78. The lowest BCUT2D eigenvalue weighted by Crippen LogP contribution is -2.45. The number of rotatable bonds is 5. The van der Waals surface area contributed by atoms with Crippen molar-refractivity contribution >= 4 is 10.2 Å². The van der Waals surface area contributed by atoms with Gasteiger partial charge < -0.3 is 0 Å². The smallest absolute Gasteiger partial charge is 0.261 e. The third-order valence-electron chi connectivity index (χ3n) is 4.87. The molecule has 1 saturated heterocycles. The minimum atomic E-state index is -3.41. The Bertz CT molecular complexity index is 906. The van der Waals surface area contributed by atoms with E-state index in [1.54, 1.807) is 24.6 Å². The topological polar surface area (TPSA) is 84.2 Å². The van der Waals surface area contributed by atoms with Crippen LogP contribution in [-0.2, 0) is 10.2 Å². The van der Waals surface area contributed by atoms with Gasteiger partial charge in [0.1, 0.15) is 5.82 Å². The lowest BCUT2D eigenvalue weighted by Gasteiger charge is -2.33. The van der Waals surface area contributed by atoms with Crippen LogP contribution in [-0.4, -0.2) is 64.0 Å². The van der Waals surface area contributed by atoms with Crippen molar-refractivity contribution in [3.63, 3.8) is 0 Å². The number of nitrogens with zero attached hydrogens (tertiary/aromatic N) is 6. The van der Waals surface area contributed by atoms with Crippen molar-refractivity contribution in [3.8, 4) is 11.4 Å². The van der Waals surface area contributed by atoms with Crippen molar-refractivity contribution in [2.45, 2.75) is 45.6 Å². The van der Waals surface area contributed by atoms with Gasteiger partial charge in [-0.1, -0.05) is 0 Å². The van der Waals surface area contributed by atoms with E-state index in [4.69, 9.17) is 0 Å². The number of aromatic nitrogens is 4. The molecule has 8 nitrogen and oxygen atoms in total. The summed E-state index contributed by atoms with van der Waals surface area (Å²) >= 11 is 0. The van der Waals surface area contributed by atoms with Gasteiger partial charge in [-0.05, 0) is 45.7 Å². The van der Waals surface area contributed by atoms with Crippen LogP contribution < -0.4 is 0 Å². The summed E-state index contributed by atoms with van der Waals surface area (Å²) < 4.78 is 29.8. The largest absolute Gasteiger partial charge is 0.281 e. The maximum absolute atomic E-state index is 12.5. The zero-order chi connectivity index (χ0) is 19.8. The van der Waals surface area contributed by atoms with Crippen molar-refractivity contribution in [1.82, 2.24) is 28.4 Å². The Kier molecular flexibility index (Phi) is 5.64. The van der Waals surface area contributed by atoms with E-state index in [0.29, 0.717) is 18.9 Å². The molecule has 9 heteroatoms. The molecule has 0 bridgehead atoms. The molecule has 1 atom stereocenters. The quantitative estimate of drug-likeness (QED) is 0.779. The van der Waals surface area contributed by atoms with Crippen LogP contribution in [0.25, 0.3) is 11.4 Å². The van der Waals surface area contributed by atoms with Crippen LogP contribution in [0.2, 0.25) is 0 Å². The van der Waals surface area contributed by atoms with Crippen LogP contribution in [0.4, 0.5) is 0 Å². The molecule has 0 amide bonds. The first-order valence-corrected chi connectivity index (χ1v) is 10.7. The first-order valence-electron chi connectivity index (χ1n) is 9.27. The van der Waals surface area contributed by atoms with Gasteiger partial charge in [0.25, 0.3) is 10.2 Å². The van der Waals surface area contributed by atoms with Gasteiger partial charge in [0.05, 0.1) is 11.4 Å². The average molecular weight is 393 g/mol. The molecule has 27 heavy (non-hydrogen) atoms. The molecule has 2 aromatic heterocycles. The maximum Gasteiger partial charge on any atom is 0.281 e. The molecule has 0 spiro atoms. The summed E-state index contributed by atoms with van der Waals surface area (Å²) in [5.74, 6) is 0.746. The fourth-order valence-electron chi connectivity index (χ4n) is 3.48. The maximum atomic E-state index is 12.5. The fraction of sp³-hybridized carbons (Fsp3) is 0.611. The second-order valence-corrected chi connectivity index (χ2v) is 9.61. The highest BCUT2D eigenvalue weighted by atomic mass is 32.2. The Morgan fingerprint density at radius 3 is 2.67 bits per heavy atom. The molecule has 0 aliphatic carbocycles. The molecule has 3 heterocycles. The van der Waals surface area contributed by atoms with Gasteiger partial charge >= 0.3 is 0 Å². The standard InChI is InChI=1S/C18H28N6O2S/c1-13(2)24-18(8-9-19-24)17-11-16(20-14(3)21-17)15-7-6-10-23(12-15)27(25,26)22(4)5/h8-9,11,13,15H,6-7,10,12H2,1-5H3/t15-/m1/s1. The Hall–Kier alpha value is -1.84. The highest BCUT2D eigenvalue weighted by Gasteiger charge is 2.32. The second-order valence-electron chi connectivity index (χ2n) is 7.47. The van der Waals surface area contributed by atoms with E-state index in [2.05, 4.69) is 28.9 Å². The first-order chi connectivity index (χ1) is 12.7. The molecule has 0 N–H and O–H groups in total. The van der Waals surface area contributed by atoms with E-state index in [1.807, 2.05) is 23.7 Å². The van der Waals surface area contributed by atoms with Crippen LogP contribution in [0.3, 0.4) is 0 Å². The van der Waals surface area contributed by atoms with Crippen molar-refractivity contribution in [3.05, 3.63) is 29.8 Å². The molecular weight excluding hydrogens is 364 g/mol. The summed E-state index contributed by atoms with van der Waals surface area (Å²) in [7, 11) is -0.276. The molecule has 0 aromatic carbocycles. The highest BCUT2D eigenvalue weighted by Crippen LogP contribution is 2.30. The zero-order valence-electron chi connectivity index (χ0n) is 16.6. The highest BCUT2D eigenvalue weighted by molar-refractivity contribution is 7.86. The monoisotopic (exact) mass is 392 g/mol.